The number of hydrogen-bond acceptors (Lipinski definition) is 4. The minimum atomic E-state index is -0.589. The lowest BCUT2D eigenvalue weighted by atomic mass is 10.1. The zero-order valence-electron chi connectivity index (χ0n) is 5.68. The minimum Gasteiger partial charge on any atom is -0.401 e. The second-order valence-corrected chi connectivity index (χ2v) is 2.14. The molecule has 0 unspecified atom stereocenters. The Morgan fingerprint density at radius 2 is 2.18 bits per heavy atom. The van der Waals surface area contributed by atoms with Crippen molar-refractivity contribution < 1.29 is 9.59 Å². The van der Waals surface area contributed by atoms with Crippen molar-refractivity contribution in [3.05, 3.63) is 11.3 Å². The van der Waals surface area contributed by atoms with E-state index in [2.05, 4.69) is 0 Å². The third kappa shape index (κ3) is 1.26. The van der Waals surface area contributed by atoms with Crippen LogP contribution in [0.2, 0.25) is 0 Å². The summed E-state index contributed by atoms with van der Waals surface area (Å²) < 4.78 is 0. The van der Waals surface area contributed by atoms with Crippen molar-refractivity contribution in [2.45, 2.75) is 6.42 Å². The normalized spacial score (nSPS) is 18.2. The highest BCUT2D eigenvalue weighted by Gasteiger charge is 2.21. The van der Waals surface area contributed by atoms with Crippen molar-refractivity contribution in [1.82, 2.24) is 5.32 Å². The molecule has 11 heavy (non-hydrogen) atoms. The molecule has 1 heterocycles. The number of hydrogen-bond donors (Lipinski definition) is 3. The standard InChI is InChI=1S/C6H7N3O2/c7-2-3-4(8)1-5(10)9-6(3)11/h2,7H,1,8H2,(H,9,10,11). The Morgan fingerprint density at radius 1 is 1.55 bits per heavy atom. The fourth-order valence-electron chi connectivity index (χ4n) is 0.810. The molecule has 58 valence electrons. The number of nitrogens with one attached hydrogen (secondary N) is 2. The Labute approximate surface area is 62.8 Å². The van der Waals surface area contributed by atoms with Gasteiger partial charge in [-0.05, 0) is 0 Å². The predicted molar refractivity (Wildman–Crippen MR) is 37.8 cm³/mol. The van der Waals surface area contributed by atoms with Crippen LogP contribution in [0.3, 0.4) is 0 Å². The van der Waals surface area contributed by atoms with Crippen molar-refractivity contribution in [3.63, 3.8) is 0 Å². The average molecular weight is 153 g/mol. The van der Waals surface area contributed by atoms with Gasteiger partial charge in [-0.1, -0.05) is 0 Å². The van der Waals surface area contributed by atoms with E-state index in [1.165, 1.54) is 0 Å². The highest BCUT2D eigenvalue weighted by atomic mass is 16.2. The smallest absolute Gasteiger partial charge is 0.261 e. The molecule has 5 heteroatoms. The van der Waals surface area contributed by atoms with Gasteiger partial charge in [-0.2, -0.15) is 0 Å². The summed E-state index contributed by atoms with van der Waals surface area (Å²) in [6.45, 7) is 0. The first kappa shape index (κ1) is 7.46. The summed E-state index contributed by atoms with van der Waals surface area (Å²) in [6.07, 6.45) is 0.841. The maximum Gasteiger partial charge on any atom is 0.261 e. The largest absolute Gasteiger partial charge is 0.401 e. The van der Waals surface area contributed by atoms with E-state index in [1.807, 2.05) is 5.32 Å². The van der Waals surface area contributed by atoms with Gasteiger partial charge in [0.2, 0.25) is 5.91 Å². The number of rotatable bonds is 1. The third-order valence-corrected chi connectivity index (χ3v) is 1.34. The first-order chi connectivity index (χ1) is 5.15. The van der Waals surface area contributed by atoms with Crippen LogP contribution < -0.4 is 11.1 Å². The van der Waals surface area contributed by atoms with Crippen molar-refractivity contribution in [2.75, 3.05) is 0 Å². The molecule has 5 nitrogen and oxygen atoms in total. The molecule has 0 atom stereocenters. The molecule has 0 spiro atoms. The van der Waals surface area contributed by atoms with Crippen LogP contribution in [-0.2, 0) is 9.59 Å². The molecule has 0 aliphatic carbocycles. The predicted octanol–water partition coefficient (Wildman–Crippen LogP) is -1.10. The van der Waals surface area contributed by atoms with Gasteiger partial charge in [-0.25, -0.2) is 0 Å². The van der Waals surface area contributed by atoms with E-state index in [0.717, 1.165) is 6.21 Å². The van der Waals surface area contributed by atoms with Crippen molar-refractivity contribution in [2.24, 2.45) is 5.73 Å². The molecule has 0 saturated heterocycles. The van der Waals surface area contributed by atoms with Crippen LogP contribution in [0.25, 0.3) is 0 Å². The maximum atomic E-state index is 10.8. The Hall–Kier alpha value is -1.65. The number of nitrogens with two attached hydrogens (primary N) is 1. The average Bonchev–Trinajstić information content (AvgIpc) is 1.85. The molecule has 0 fully saturated rings. The summed E-state index contributed by atoms with van der Waals surface area (Å²) in [6, 6.07) is 0. The number of carbonyl (C=O) groups is 2. The number of amides is 2. The molecule has 0 bridgehead atoms. The number of imide groups is 1. The van der Waals surface area contributed by atoms with Crippen molar-refractivity contribution >= 4 is 18.0 Å². The zero-order chi connectivity index (χ0) is 8.43. The molecule has 0 aromatic carbocycles. The first-order valence-electron chi connectivity index (χ1n) is 2.98. The fourth-order valence-corrected chi connectivity index (χ4v) is 0.810. The molecule has 1 rings (SSSR count). The molecule has 0 aromatic heterocycles. The van der Waals surface area contributed by atoms with Gasteiger partial charge in [-0.3, -0.25) is 14.9 Å². The van der Waals surface area contributed by atoms with Crippen molar-refractivity contribution in [3.8, 4) is 0 Å². The minimum absolute atomic E-state index is 0.00352. The lowest BCUT2D eigenvalue weighted by Crippen LogP contribution is -2.38. The van der Waals surface area contributed by atoms with Crippen LogP contribution in [0.5, 0.6) is 0 Å². The van der Waals surface area contributed by atoms with Crippen LogP contribution in [0.4, 0.5) is 0 Å². The van der Waals surface area contributed by atoms with E-state index in [-0.39, 0.29) is 17.7 Å². The molecular weight excluding hydrogens is 146 g/mol. The first-order valence-corrected chi connectivity index (χ1v) is 2.98. The van der Waals surface area contributed by atoms with Crippen molar-refractivity contribution in [1.29, 1.82) is 5.41 Å². The summed E-state index contributed by atoms with van der Waals surface area (Å²) in [5.74, 6) is -1.01. The Morgan fingerprint density at radius 3 is 2.64 bits per heavy atom. The summed E-state index contributed by atoms with van der Waals surface area (Å²) in [5, 5.41) is 8.83. The van der Waals surface area contributed by atoms with E-state index in [1.54, 1.807) is 0 Å². The molecule has 2 amide bonds. The van der Waals surface area contributed by atoms with Crippen LogP contribution in [0.15, 0.2) is 11.3 Å². The highest BCUT2D eigenvalue weighted by Crippen LogP contribution is 2.06. The van der Waals surface area contributed by atoms with E-state index >= 15 is 0 Å². The fraction of sp³-hybridized carbons (Fsp3) is 0.167. The highest BCUT2D eigenvalue weighted by molar-refractivity contribution is 6.19. The molecule has 0 radical (unpaired) electrons. The summed E-state index contributed by atoms with van der Waals surface area (Å²) in [4.78, 5) is 21.4. The Balaban J connectivity index is 3.03. The van der Waals surface area contributed by atoms with Gasteiger partial charge < -0.3 is 11.1 Å². The van der Waals surface area contributed by atoms with Gasteiger partial charge in [0.1, 0.15) is 0 Å². The lowest BCUT2D eigenvalue weighted by Gasteiger charge is -2.12. The third-order valence-electron chi connectivity index (χ3n) is 1.34. The monoisotopic (exact) mass is 153 g/mol. The SMILES string of the molecule is N=CC1=C(N)CC(=O)NC1=O. The Kier molecular flexibility index (Phi) is 1.72. The second-order valence-electron chi connectivity index (χ2n) is 2.14. The Bertz CT molecular complexity index is 267. The molecule has 0 aromatic rings. The van der Waals surface area contributed by atoms with E-state index in [4.69, 9.17) is 11.1 Å². The van der Waals surface area contributed by atoms with Gasteiger partial charge in [0.05, 0.1) is 12.0 Å². The zero-order valence-corrected chi connectivity index (χ0v) is 5.68. The van der Waals surface area contributed by atoms with Gasteiger partial charge in [-0.15, -0.1) is 0 Å². The van der Waals surface area contributed by atoms with Crippen LogP contribution in [0.1, 0.15) is 6.42 Å². The maximum absolute atomic E-state index is 10.8. The second kappa shape index (κ2) is 2.53. The van der Waals surface area contributed by atoms with Gasteiger partial charge in [0.15, 0.2) is 0 Å². The van der Waals surface area contributed by atoms with E-state index in [9.17, 15) is 9.59 Å². The van der Waals surface area contributed by atoms with Gasteiger partial charge in [0, 0.05) is 11.9 Å². The van der Waals surface area contributed by atoms with Crippen LogP contribution >= 0.6 is 0 Å². The molecule has 1 aliphatic rings. The van der Waals surface area contributed by atoms with Gasteiger partial charge >= 0.3 is 0 Å². The summed E-state index contributed by atoms with van der Waals surface area (Å²) in [5.41, 5.74) is 5.55. The van der Waals surface area contributed by atoms with Crippen LogP contribution in [-0.4, -0.2) is 18.0 Å². The summed E-state index contributed by atoms with van der Waals surface area (Å²) >= 11 is 0. The lowest BCUT2D eigenvalue weighted by molar-refractivity contribution is -0.128. The van der Waals surface area contributed by atoms with Gasteiger partial charge in [0.25, 0.3) is 5.91 Å². The molecule has 0 saturated carbocycles. The molecule has 1 aliphatic heterocycles. The van der Waals surface area contributed by atoms with Crippen LogP contribution in [0, 0.1) is 5.41 Å². The number of carbonyl (C=O) groups excluding carboxylic acids is 2. The topological polar surface area (TPSA) is 96.0 Å². The van der Waals surface area contributed by atoms with E-state index < -0.39 is 11.8 Å². The molecular formula is C6H7N3O2. The molecule has 4 N–H and O–H groups in total. The van der Waals surface area contributed by atoms with E-state index in [0.29, 0.717) is 0 Å². The summed E-state index contributed by atoms with van der Waals surface area (Å²) in [7, 11) is 0. The quantitative estimate of drug-likeness (QED) is 0.329.